The molecule has 2 aromatic rings. The van der Waals surface area contributed by atoms with Crippen molar-refractivity contribution in [1.29, 1.82) is 0 Å². The molecule has 3 heterocycles. The zero-order chi connectivity index (χ0) is 15.5. The molecule has 0 saturated carbocycles. The average Bonchev–Trinajstić information content (AvgIpc) is 3.04. The highest BCUT2D eigenvalue weighted by Crippen LogP contribution is 2.15. The van der Waals surface area contributed by atoms with Gasteiger partial charge in [0, 0.05) is 43.7 Å². The predicted molar refractivity (Wildman–Crippen MR) is 87.9 cm³/mol. The molecular formula is C16H22N4OS. The van der Waals surface area contributed by atoms with E-state index in [2.05, 4.69) is 28.5 Å². The number of aromatic nitrogens is 2. The molecule has 2 aromatic heterocycles. The molecular weight excluding hydrogens is 296 g/mol. The molecule has 0 bridgehead atoms. The lowest BCUT2D eigenvalue weighted by Gasteiger charge is -2.20. The van der Waals surface area contributed by atoms with Gasteiger partial charge in [-0.15, -0.1) is 11.3 Å². The van der Waals surface area contributed by atoms with Crippen molar-refractivity contribution < 1.29 is 4.79 Å². The first-order chi connectivity index (χ1) is 10.6. The lowest BCUT2D eigenvalue weighted by atomic mass is 10.3. The van der Waals surface area contributed by atoms with E-state index in [1.807, 2.05) is 28.6 Å². The maximum atomic E-state index is 12.4. The van der Waals surface area contributed by atoms with Crippen LogP contribution in [0.15, 0.2) is 23.7 Å². The van der Waals surface area contributed by atoms with Gasteiger partial charge < -0.3 is 14.4 Å². The molecule has 0 fully saturated rings. The Kier molecular flexibility index (Phi) is 4.59. The second kappa shape index (κ2) is 6.62. The van der Waals surface area contributed by atoms with Crippen LogP contribution in [0.5, 0.6) is 0 Å². The highest BCUT2D eigenvalue weighted by molar-refractivity contribution is 7.10. The third-order valence-electron chi connectivity index (χ3n) is 3.96. The Labute approximate surface area is 135 Å². The molecule has 0 aromatic carbocycles. The minimum atomic E-state index is 0.224. The Bertz CT molecular complexity index is 633. The molecule has 118 valence electrons. The minimum absolute atomic E-state index is 0.224. The first kappa shape index (κ1) is 15.2. The number of fused-ring (bicyclic) bond motifs is 1. The summed E-state index contributed by atoms with van der Waals surface area (Å²) in [4.78, 5) is 22.3. The molecule has 5 nitrogen and oxygen atoms in total. The Morgan fingerprint density at radius 1 is 1.36 bits per heavy atom. The summed E-state index contributed by atoms with van der Waals surface area (Å²) >= 11 is 1.65. The number of rotatable bonds is 4. The number of hydrogen-bond donors (Lipinski definition) is 0. The van der Waals surface area contributed by atoms with Crippen molar-refractivity contribution in [2.45, 2.75) is 25.9 Å². The zero-order valence-corrected chi connectivity index (χ0v) is 14.0. The molecule has 0 atom stereocenters. The van der Waals surface area contributed by atoms with Gasteiger partial charge in [-0.2, -0.15) is 0 Å². The zero-order valence-electron chi connectivity index (χ0n) is 13.2. The van der Waals surface area contributed by atoms with Crippen LogP contribution in [0.2, 0.25) is 0 Å². The van der Waals surface area contributed by atoms with Crippen LogP contribution in [0, 0.1) is 0 Å². The molecule has 1 amide bonds. The molecule has 22 heavy (non-hydrogen) atoms. The third kappa shape index (κ3) is 3.39. The van der Waals surface area contributed by atoms with Gasteiger partial charge in [-0.05, 0) is 25.5 Å². The topological polar surface area (TPSA) is 41.4 Å². The standard InChI is InChI=1S/C16H22N4OS/c1-18(2)12-13-11-17-15-5-6-19(7-8-20(13)15)16(21)10-14-4-3-9-22-14/h3-4,9,11H,5-8,10,12H2,1-2H3. The molecule has 6 heteroatoms. The van der Waals surface area contributed by atoms with E-state index in [9.17, 15) is 4.79 Å². The van der Waals surface area contributed by atoms with Gasteiger partial charge in [-0.25, -0.2) is 4.98 Å². The summed E-state index contributed by atoms with van der Waals surface area (Å²) in [7, 11) is 4.13. The van der Waals surface area contributed by atoms with Gasteiger partial charge in [0.05, 0.1) is 12.1 Å². The van der Waals surface area contributed by atoms with E-state index in [0.717, 1.165) is 43.3 Å². The Balaban J connectivity index is 1.65. The van der Waals surface area contributed by atoms with Crippen molar-refractivity contribution in [3.05, 3.63) is 40.1 Å². The fraction of sp³-hybridized carbons (Fsp3) is 0.500. The van der Waals surface area contributed by atoms with Gasteiger partial charge in [0.2, 0.25) is 5.91 Å². The van der Waals surface area contributed by atoms with Crippen LogP contribution in [0.3, 0.4) is 0 Å². The Morgan fingerprint density at radius 2 is 2.23 bits per heavy atom. The summed E-state index contributed by atoms with van der Waals surface area (Å²) < 4.78 is 2.28. The van der Waals surface area contributed by atoms with Crippen LogP contribution >= 0.6 is 11.3 Å². The normalized spacial score (nSPS) is 15.0. The molecule has 0 spiro atoms. The highest BCUT2D eigenvalue weighted by Gasteiger charge is 2.21. The quantitative estimate of drug-likeness (QED) is 0.860. The van der Waals surface area contributed by atoms with Crippen molar-refractivity contribution in [2.75, 3.05) is 27.2 Å². The SMILES string of the molecule is CN(C)Cc1cnc2n1CCN(C(=O)Cc1cccs1)CC2. The van der Waals surface area contributed by atoms with E-state index in [1.54, 1.807) is 11.3 Å². The van der Waals surface area contributed by atoms with E-state index in [4.69, 9.17) is 0 Å². The fourth-order valence-corrected chi connectivity index (χ4v) is 3.56. The number of imidazole rings is 1. The van der Waals surface area contributed by atoms with Crippen molar-refractivity contribution in [2.24, 2.45) is 0 Å². The number of carbonyl (C=O) groups is 1. The van der Waals surface area contributed by atoms with Crippen LogP contribution in [0.1, 0.15) is 16.4 Å². The maximum absolute atomic E-state index is 12.4. The molecule has 0 N–H and O–H groups in total. The smallest absolute Gasteiger partial charge is 0.227 e. The Morgan fingerprint density at radius 3 is 2.95 bits per heavy atom. The second-order valence-electron chi connectivity index (χ2n) is 5.94. The van der Waals surface area contributed by atoms with Crippen molar-refractivity contribution in [3.63, 3.8) is 0 Å². The molecule has 0 aliphatic carbocycles. The van der Waals surface area contributed by atoms with Crippen molar-refractivity contribution >= 4 is 17.2 Å². The molecule has 0 saturated heterocycles. The largest absolute Gasteiger partial charge is 0.340 e. The van der Waals surface area contributed by atoms with Gasteiger partial charge in [-0.3, -0.25) is 4.79 Å². The first-order valence-electron chi connectivity index (χ1n) is 7.61. The van der Waals surface area contributed by atoms with Crippen LogP contribution in [-0.4, -0.2) is 52.4 Å². The van der Waals surface area contributed by atoms with Gasteiger partial charge in [0.15, 0.2) is 0 Å². The lowest BCUT2D eigenvalue weighted by molar-refractivity contribution is -0.130. The fourth-order valence-electron chi connectivity index (χ4n) is 2.87. The molecule has 3 rings (SSSR count). The van der Waals surface area contributed by atoms with Gasteiger partial charge >= 0.3 is 0 Å². The summed E-state index contributed by atoms with van der Waals surface area (Å²) in [5.74, 6) is 1.32. The van der Waals surface area contributed by atoms with E-state index < -0.39 is 0 Å². The summed E-state index contributed by atoms with van der Waals surface area (Å²) in [6, 6.07) is 4.03. The number of nitrogens with zero attached hydrogens (tertiary/aromatic N) is 4. The molecule has 1 aliphatic rings. The van der Waals surface area contributed by atoms with Crippen LogP contribution in [-0.2, 0) is 30.7 Å². The summed E-state index contributed by atoms with van der Waals surface area (Å²) in [5.41, 5.74) is 1.23. The van der Waals surface area contributed by atoms with Crippen LogP contribution in [0.25, 0.3) is 0 Å². The summed E-state index contributed by atoms with van der Waals surface area (Å²) in [6.45, 7) is 3.27. The number of amides is 1. The minimum Gasteiger partial charge on any atom is -0.340 e. The number of carbonyl (C=O) groups excluding carboxylic acids is 1. The van der Waals surface area contributed by atoms with E-state index in [-0.39, 0.29) is 5.91 Å². The molecule has 1 aliphatic heterocycles. The van der Waals surface area contributed by atoms with Gasteiger partial charge in [0.1, 0.15) is 5.82 Å². The highest BCUT2D eigenvalue weighted by atomic mass is 32.1. The lowest BCUT2D eigenvalue weighted by Crippen LogP contribution is -2.34. The van der Waals surface area contributed by atoms with Gasteiger partial charge in [0.25, 0.3) is 0 Å². The predicted octanol–water partition coefficient (Wildman–Crippen LogP) is 1.63. The monoisotopic (exact) mass is 318 g/mol. The van der Waals surface area contributed by atoms with E-state index in [1.165, 1.54) is 5.69 Å². The van der Waals surface area contributed by atoms with Crippen LogP contribution < -0.4 is 0 Å². The molecule has 0 radical (unpaired) electrons. The first-order valence-corrected chi connectivity index (χ1v) is 8.49. The third-order valence-corrected chi connectivity index (χ3v) is 4.83. The summed E-state index contributed by atoms with van der Waals surface area (Å²) in [6.07, 6.45) is 3.33. The number of hydrogen-bond acceptors (Lipinski definition) is 4. The van der Waals surface area contributed by atoms with Crippen LogP contribution in [0.4, 0.5) is 0 Å². The summed E-state index contributed by atoms with van der Waals surface area (Å²) in [5, 5.41) is 2.02. The molecule has 0 unspecified atom stereocenters. The van der Waals surface area contributed by atoms with Crippen molar-refractivity contribution in [3.8, 4) is 0 Å². The van der Waals surface area contributed by atoms with E-state index in [0.29, 0.717) is 6.42 Å². The van der Waals surface area contributed by atoms with E-state index >= 15 is 0 Å². The maximum Gasteiger partial charge on any atom is 0.227 e. The van der Waals surface area contributed by atoms with Crippen molar-refractivity contribution in [1.82, 2.24) is 19.4 Å². The second-order valence-corrected chi connectivity index (χ2v) is 6.97. The Hall–Kier alpha value is -1.66. The number of thiophene rings is 1. The van der Waals surface area contributed by atoms with Gasteiger partial charge in [-0.1, -0.05) is 6.07 Å². The average molecular weight is 318 g/mol.